The highest BCUT2D eigenvalue weighted by atomic mass is 19.4. The highest BCUT2D eigenvalue weighted by Crippen LogP contribution is 2.38. The first kappa shape index (κ1) is 37.1. The van der Waals surface area contributed by atoms with Gasteiger partial charge in [0.15, 0.2) is 0 Å². The first-order chi connectivity index (χ1) is 26.9. The van der Waals surface area contributed by atoms with E-state index < -0.39 is 41.4 Å². The fourth-order valence-electron chi connectivity index (χ4n) is 8.10. The molecule has 3 fully saturated rings. The smallest absolute Gasteiger partial charge is 0.396 e. The summed E-state index contributed by atoms with van der Waals surface area (Å²) in [6.07, 6.45) is -1.53. The van der Waals surface area contributed by atoms with Crippen LogP contribution in [0, 0.1) is 5.92 Å². The number of hydrazine groups is 1. The van der Waals surface area contributed by atoms with Crippen molar-refractivity contribution in [3.8, 4) is 0 Å². The Morgan fingerprint density at radius 3 is 2.34 bits per heavy atom. The second-order valence-electron chi connectivity index (χ2n) is 14.7. The zero-order valence-electron chi connectivity index (χ0n) is 30.2. The minimum absolute atomic E-state index is 0.0218. The largest absolute Gasteiger partial charge is 0.416 e. The summed E-state index contributed by atoms with van der Waals surface area (Å²) in [4.78, 5) is 72.9. The molecule has 292 valence electrons. The van der Waals surface area contributed by atoms with E-state index >= 15 is 0 Å². The lowest BCUT2D eigenvalue weighted by molar-refractivity contribution is -0.137. The van der Waals surface area contributed by atoms with Crippen LogP contribution in [0.15, 0.2) is 60.7 Å². The lowest BCUT2D eigenvalue weighted by Crippen LogP contribution is -2.58. The van der Waals surface area contributed by atoms with E-state index in [0.717, 1.165) is 64.6 Å². The number of aliphatic hydroxyl groups excluding tert-OH is 1. The maximum Gasteiger partial charge on any atom is 0.416 e. The Morgan fingerprint density at radius 2 is 1.62 bits per heavy atom. The van der Waals surface area contributed by atoms with E-state index in [0.29, 0.717) is 38.2 Å². The molecule has 8 rings (SSSR count). The quantitative estimate of drug-likeness (QED) is 0.214. The molecule has 1 aliphatic carbocycles. The molecule has 0 atom stereocenters. The van der Waals surface area contributed by atoms with Gasteiger partial charge in [0, 0.05) is 63.0 Å². The minimum Gasteiger partial charge on any atom is -0.396 e. The van der Waals surface area contributed by atoms with Crippen molar-refractivity contribution < 1.29 is 42.3 Å². The van der Waals surface area contributed by atoms with E-state index in [4.69, 9.17) is 4.98 Å². The summed E-state index contributed by atoms with van der Waals surface area (Å²) in [5.74, 6) is -1.95. The maximum absolute atomic E-state index is 13.4. The number of carbonyl (C=O) groups is 5. The topological polar surface area (TPSA) is 160 Å². The maximum atomic E-state index is 13.4. The molecule has 0 unspecified atom stereocenters. The van der Waals surface area contributed by atoms with Crippen molar-refractivity contribution in [2.75, 3.05) is 49.5 Å². The molecule has 6 amide bonds. The van der Waals surface area contributed by atoms with Gasteiger partial charge in [-0.3, -0.25) is 34.7 Å². The van der Waals surface area contributed by atoms with E-state index in [-0.39, 0.29) is 54.2 Å². The SMILES string of the molecule is O=C1CCN(N2C(=O)c3ccc(CN4CCN(c5ccc6c(c5)nc(NC(=O)c5cccc(C(F)(F)F)c5)n6C5CCC(CO)CC5)CC4)cc3C2=O)C(=O)N1. The van der Waals surface area contributed by atoms with Gasteiger partial charge in [-0.2, -0.15) is 18.2 Å². The van der Waals surface area contributed by atoms with Gasteiger partial charge in [0.1, 0.15) is 0 Å². The van der Waals surface area contributed by atoms with Crippen LogP contribution in [0.1, 0.15) is 80.3 Å². The molecule has 1 aromatic heterocycles. The third-order valence-electron chi connectivity index (χ3n) is 11.1. The molecule has 14 nitrogen and oxygen atoms in total. The zero-order valence-corrected chi connectivity index (χ0v) is 30.2. The van der Waals surface area contributed by atoms with Gasteiger partial charge in [-0.25, -0.2) is 14.8 Å². The van der Waals surface area contributed by atoms with E-state index in [1.54, 1.807) is 18.2 Å². The summed E-state index contributed by atoms with van der Waals surface area (Å²) < 4.78 is 42.2. The second kappa shape index (κ2) is 14.7. The minimum atomic E-state index is -4.59. The van der Waals surface area contributed by atoms with Crippen LogP contribution in [0.2, 0.25) is 0 Å². The number of aromatic nitrogens is 2. The number of benzene rings is 3. The molecule has 3 N–H and O–H groups in total. The molecule has 3 aromatic carbocycles. The number of aliphatic hydroxyl groups is 1. The number of amides is 6. The number of piperazine rings is 1. The molecule has 0 spiro atoms. The number of anilines is 2. The third kappa shape index (κ3) is 7.07. The third-order valence-corrected chi connectivity index (χ3v) is 11.1. The standard InChI is InChI=1S/C39H39F3N8O6/c40-39(41,42)26-3-1-2-25(19-26)34(53)45-37-43-31-20-28(9-11-32(31)49(37)27-7-4-23(22-51)5-8-27)47-16-14-46(15-17-47)21-24-6-10-29-30(18-24)36(55)50(35(29)54)48-13-12-33(52)44-38(48)56/h1-3,6,9-11,18-20,23,27,51H,4-5,7-8,12-17,21-22H2,(H,43,45,53)(H,44,52,56). The molecular weight excluding hydrogens is 733 g/mol. The van der Waals surface area contributed by atoms with E-state index in [1.165, 1.54) is 12.1 Å². The number of halogens is 3. The predicted molar refractivity (Wildman–Crippen MR) is 197 cm³/mol. The Morgan fingerprint density at radius 1 is 0.875 bits per heavy atom. The highest BCUT2D eigenvalue weighted by Gasteiger charge is 2.43. The molecule has 3 aliphatic heterocycles. The van der Waals surface area contributed by atoms with Crippen LogP contribution in [0.5, 0.6) is 0 Å². The van der Waals surface area contributed by atoms with Gasteiger partial charge < -0.3 is 14.6 Å². The monoisotopic (exact) mass is 772 g/mol. The zero-order chi connectivity index (χ0) is 39.3. The number of hydrogen-bond acceptors (Lipinski definition) is 9. The van der Waals surface area contributed by atoms with E-state index in [9.17, 15) is 42.3 Å². The number of fused-ring (bicyclic) bond motifs is 2. The number of carbonyl (C=O) groups excluding carboxylic acids is 5. The van der Waals surface area contributed by atoms with Crippen molar-refractivity contribution in [3.63, 3.8) is 0 Å². The van der Waals surface area contributed by atoms with Crippen LogP contribution in [-0.4, -0.2) is 98.6 Å². The predicted octanol–water partition coefficient (Wildman–Crippen LogP) is 4.81. The van der Waals surface area contributed by atoms with Gasteiger partial charge in [0.25, 0.3) is 17.7 Å². The number of alkyl halides is 3. The lowest BCUT2D eigenvalue weighted by atomic mass is 9.86. The van der Waals surface area contributed by atoms with Crippen molar-refractivity contribution in [1.29, 1.82) is 0 Å². The number of hydrogen-bond donors (Lipinski definition) is 3. The first-order valence-corrected chi connectivity index (χ1v) is 18.6. The summed E-state index contributed by atoms with van der Waals surface area (Å²) in [5, 5.41) is 16.4. The molecular formula is C39H39F3N8O6. The normalized spacial score (nSPS) is 20.8. The second-order valence-corrected chi connectivity index (χ2v) is 14.7. The van der Waals surface area contributed by atoms with Crippen LogP contribution in [0.25, 0.3) is 11.0 Å². The van der Waals surface area contributed by atoms with Crippen molar-refractivity contribution in [1.82, 2.24) is 29.8 Å². The molecule has 4 aromatic rings. The van der Waals surface area contributed by atoms with Gasteiger partial charge >= 0.3 is 12.2 Å². The van der Waals surface area contributed by atoms with Gasteiger partial charge in [0.2, 0.25) is 11.9 Å². The summed E-state index contributed by atoms with van der Waals surface area (Å²) in [6.45, 7) is 3.29. The number of nitrogens with zero attached hydrogens (tertiary/aromatic N) is 6. The summed E-state index contributed by atoms with van der Waals surface area (Å²) in [5.41, 5.74) is 2.53. The average molecular weight is 773 g/mol. The highest BCUT2D eigenvalue weighted by molar-refractivity contribution is 6.22. The Hall–Kier alpha value is -5.81. The molecule has 17 heteroatoms. The number of rotatable bonds is 8. The van der Waals surface area contributed by atoms with Gasteiger partial charge in [-0.05, 0) is 85.7 Å². The lowest BCUT2D eigenvalue weighted by Gasteiger charge is -2.36. The van der Waals surface area contributed by atoms with Crippen LogP contribution in [-0.2, 0) is 17.5 Å². The molecule has 1 saturated carbocycles. The van der Waals surface area contributed by atoms with Crippen LogP contribution >= 0.6 is 0 Å². The molecule has 0 bridgehead atoms. The number of nitrogens with one attached hydrogen (secondary N) is 2. The first-order valence-electron chi connectivity index (χ1n) is 18.6. The summed E-state index contributed by atoms with van der Waals surface area (Å²) >= 11 is 0. The van der Waals surface area contributed by atoms with Crippen molar-refractivity contribution in [2.24, 2.45) is 5.92 Å². The average Bonchev–Trinajstić information content (AvgIpc) is 3.67. The fourth-order valence-corrected chi connectivity index (χ4v) is 8.10. The Kier molecular flexibility index (Phi) is 9.74. The van der Waals surface area contributed by atoms with Gasteiger partial charge in [0.05, 0.1) is 34.3 Å². The fraction of sp³-hybridized carbons (Fsp3) is 0.385. The van der Waals surface area contributed by atoms with Crippen molar-refractivity contribution in [3.05, 3.63) is 88.5 Å². The molecule has 4 heterocycles. The van der Waals surface area contributed by atoms with Crippen LogP contribution < -0.4 is 15.5 Å². The van der Waals surface area contributed by atoms with Gasteiger partial charge in [-0.15, -0.1) is 0 Å². The summed E-state index contributed by atoms with van der Waals surface area (Å²) in [7, 11) is 0. The number of imide groups is 2. The van der Waals surface area contributed by atoms with Crippen molar-refractivity contribution >= 4 is 52.3 Å². The molecule has 0 radical (unpaired) electrons. The van der Waals surface area contributed by atoms with E-state index in [1.807, 2.05) is 22.8 Å². The molecule has 56 heavy (non-hydrogen) atoms. The Bertz CT molecular complexity index is 2240. The van der Waals surface area contributed by atoms with E-state index in [2.05, 4.69) is 20.4 Å². The van der Waals surface area contributed by atoms with Crippen molar-refractivity contribution in [2.45, 2.75) is 50.9 Å². The Labute approximate surface area is 318 Å². The number of imidazole rings is 1. The molecule has 4 aliphatic rings. The molecule has 2 saturated heterocycles. The van der Waals surface area contributed by atoms with Crippen LogP contribution in [0.4, 0.5) is 29.6 Å². The summed E-state index contributed by atoms with van der Waals surface area (Å²) in [6, 6.07) is 14.4. The van der Waals surface area contributed by atoms with Gasteiger partial charge in [-0.1, -0.05) is 12.1 Å². The number of urea groups is 1. The Balaban J connectivity index is 0.964. The van der Waals surface area contributed by atoms with Crippen LogP contribution in [0.3, 0.4) is 0 Å².